The van der Waals surface area contributed by atoms with Crippen molar-refractivity contribution >= 4 is 33.3 Å². The molecule has 12 heteroatoms. The van der Waals surface area contributed by atoms with Crippen LogP contribution < -0.4 is 5.32 Å². The van der Waals surface area contributed by atoms with Crippen molar-refractivity contribution in [2.24, 2.45) is 0 Å². The summed E-state index contributed by atoms with van der Waals surface area (Å²) >= 11 is 5.87. The fourth-order valence-electron chi connectivity index (χ4n) is 5.15. The molecule has 4 rings (SSSR count). The highest BCUT2D eigenvalue weighted by Crippen LogP contribution is 2.25. The minimum Gasteiger partial charge on any atom is -0.366 e. The first-order valence-electron chi connectivity index (χ1n) is 12.5. The second-order valence-electron chi connectivity index (χ2n) is 9.87. The lowest BCUT2D eigenvalue weighted by molar-refractivity contribution is 0.0542. The maximum atomic E-state index is 13.4. The van der Waals surface area contributed by atoms with E-state index in [4.69, 9.17) is 11.6 Å². The van der Waals surface area contributed by atoms with E-state index < -0.39 is 15.8 Å². The van der Waals surface area contributed by atoms with Gasteiger partial charge in [-0.15, -0.1) is 0 Å². The summed E-state index contributed by atoms with van der Waals surface area (Å²) < 4.78 is 38.6. The molecule has 0 atom stereocenters. The minimum absolute atomic E-state index is 0.0523. The number of sulfonamides is 1. The van der Waals surface area contributed by atoms with Gasteiger partial charge in [0.25, 0.3) is 5.91 Å². The Bertz CT molecular complexity index is 1230. The second-order valence-corrected chi connectivity index (χ2v) is 12.3. The summed E-state index contributed by atoms with van der Waals surface area (Å²) in [6.45, 7) is 5.22. The third-order valence-corrected chi connectivity index (χ3v) is 9.17. The molecule has 1 aromatic heterocycles. The van der Waals surface area contributed by atoms with Crippen LogP contribution in [-0.4, -0.2) is 90.0 Å². The Labute approximate surface area is 223 Å². The lowest BCUT2D eigenvalue weighted by Gasteiger charge is -2.43. The smallest absolute Gasteiger partial charge is 0.272 e. The van der Waals surface area contributed by atoms with E-state index in [2.05, 4.69) is 20.2 Å². The van der Waals surface area contributed by atoms with Crippen molar-refractivity contribution in [3.05, 3.63) is 52.2 Å². The first kappa shape index (κ1) is 27.7. The number of anilines is 1. The fraction of sp³-hybridized carbons (Fsp3) is 0.560. The summed E-state index contributed by atoms with van der Waals surface area (Å²) in [4.78, 5) is 26.1. The maximum absolute atomic E-state index is 13.4. The van der Waals surface area contributed by atoms with Crippen molar-refractivity contribution in [2.75, 3.05) is 44.8 Å². The Morgan fingerprint density at radius 2 is 1.84 bits per heavy atom. The van der Waals surface area contributed by atoms with Crippen LogP contribution in [0.25, 0.3) is 0 Å². The van der Waals surface area contributed by atoms with E-state index in [1.165, 1.54) is 23.0 Å². The monoisotopic (exact) mass is 552 g/mol. The molecule has 0 unspecified atom stereocenters. The topological polar surface area (TPSA) is 98.7 Å². The minimum atomic E-state index is -3.18. The summed E-state index contributed by atoms with van der Waals surface area (Å²) in [6, 6.07) is 4.97. The van der Waals surface area contributed by atoms with E-state index in [9.17, 15) is 17.6 Å². The summed E-state index contributed by atoms with van der Waals surface area (Å²) in [5.74, 6) is -0.0281. The van der Waals surface area contributed by atoms with Gasteiger partial charge in [0, 0.05) is 44.3 Å². The molecule has 0 spiro atoms. The molecule has 1 amide bonds. The van der Waals surface area contributed by atoms with E-state index in [0.29, 0.717) is 42.8 Å². The molecule has 202 valence electrons. The summed E-state index contributed by atoms with van der Waals surface area (Å²) in [7, 11) is -1.52. The van der Waals surface area contributed by atoms with E-state index in [1.807, 2.05) is 11.8 Å². The number of piperidine rings is 2. The molecule has 37 heavy (non-hydrogen) atoms. The maximum Gasteiger partial charge on any atom is 0.272 e. The number of hydrogen-bond acceptors (Lipinski definition) is 7. The lowest BCUT2D eigenvalue weighted by atomic mass is 9.97. The third kappa shape index (κ3) is 6.57. The molecule has 2 aliphatic heterocycles. The molecule has 0 radical (unpaired) electrons. The lowest BCUT2D eigenvalue weighted by Crippen LogP contribution is -2.52. The van der Waals surface area contributed by atoms with E-state index in [1.54, 1.807) is 19.2 Å². The first-order chi connectivity index (χ1) is 17.5. The van der Waals surface area contributed by atoms with Gasteiger partial charge in [0.2, 0.25) is 10.0 Å². The second kappa shape index (κ2) is 11.6. The van der Waals surface area contributed by atoms with Crippen LogP contribution in [0.3, 0.4) is 0 Å². The molecule has 0 saturated carbocycles. The highest BCUT2D eigenvalue weighted by atomic mass is 35.5. The van der Waals surface area contributed by atoms with Gasteiger partial charge >= 0.3 is 0 Å². The standard InChI is InChI=1S/C25H34ClFN6O3S/c1-17-23(29-16-30-24(17)28-15-18-4-5-22(27)21(26)14-18)25(34)33-12-8-20(9-13-33)32-10-6-19(7-11-32)31(2)37(3,35)36/h4-5,14,16,19-20H,6-13,15H2,1-3H3,(H,28,29,30). The van der Waals surface area contributed by atoms with Crippen LogP contribution in [0.4, 0.5) is 10.2 Å². The van der Waals surface area contributed by atoms with Crippen LogP contribution in [0.5, 0.6) is 0 Å². The Morgan fingerprint density at radius 1 is 1.16 bits per heavy atom. The van der Waals surface area contributed by atoms with E-state index in [-0.39, 0.29) is 17.0 Å². The number of halogens is 2. The Morgan fingerprint density at radius 3 is 2.46 bits per heavy atom. The normalized spacial score (nSPS) is 18.4. The quantitative estimate of drug-likeness (QED) is 0.563. The van der Waals surface area contributed by atoms with E-state index >= 15 is 0 Å². The van der Waals surface area contributed by atoms with Crippen LogP contribution in [0, 0.1) is 12.7 Å². The number of nitrogens with one attached hydrogen (secondary N) is 1. The van der Waals surface area contributed by atoms with Gasteiger partial charge in [0.05, 0.1) is 11.3 Å². The Balaban J connectivity index is 1.31. The van der Waals surface area contributed by atoms with Crippen LogP contribution in [0.1, 0.15) is 47.3 Å². The van der Waals surface area contributed by atoms with Crippen molar-refractivity contribution in [1.82, 2.24) is 24.1 Å². The van der Waals surface area contributed by atoms with Crippen molar-refractivity contribution in [3.63, 3.8) is 0 Å². The van der Waals surface area contributed by atoms with Crippen LogP contribution in [0.2, 0.25) is 5.02 Å². The molecule has 3 heterocycles. The number of likely N-dealkylation sites (tertiary alicyclic amines) is 2. The average Bonchev–Trinajstić information content (AvgIpc) is 2.89. The predicted octanol–water partition coefficient (Wildman–Crippen LogP) is 3.15. The molecule has 1 aromatic carbocycles. The molecule has 0 bridgehead atoms. The van der Waals surface area contributed by atoms with Crippen LogP contribution >= 0.6 is 11.6 Å². The zero-order valence-corrected chi connectivity index (χ0v) is 23.0. The van der Waals surface area contributed by atoms with Crippen molar-refractivity contribution in [1.29, 1.82) is 0 Å². The van der Waals surface area contributed by atoms with E-state index in [0.717, 1.165) is 44.3 Å². The molecular weight excluding hydrogens is 519 g/mol. The summed E-state index contributed by atoms with van der Waals surface area (Å²) in [5.41, 5.74) is 1.84. The van der Waals surface area contributed by atoms with Gasteiger partial charge in [-0.1, -0.05) is 17.7 Å². The van der Waals surface area contributed by atoms with Gasteiger partial charge in [0.1, 0.15) is 23.7 Å². The van der Waals surface area contributed by atoms with Crippen molar-refractivity contribution in [2.45, 2.75) is 51.2 Å². The molecule has 9 nitrogen and oxygen atoms in total. The number of hydrogen-bond donors (Lipinski definition) is 1. The highest BCUT2D eigenvalue weighted by Gasteiger charge is 2.33. The van der Waals surface area contributed by atoms with Crippen LogP contribution in [0.15, 0.2) is 24.5 Å². The Hall–Kier alpha value is -2.34. The predicted molar refractivity (Wildman–Crippen MR) is 142 cm³/mol. The number of nitrogens with zero attached hydrogens (tertiary/aromatic N) is 5. The molecule has 2 saturated heterocycles. The average molecular weight is 553 g/mol. The van der Waals surface area contributed by atoms with Gasteiger partial charge in [-0.05, 0) is 63.4 Å². The highest BCUT2D eigenvalue weighted by molar-refractivity contribution is 7.88. The number of amides is 1. The third-order valence-electron chi connectivity index (χ3n) is 7.54. The molecular formula is C25H34ClFN6O3S. The number of carbonyl (C=O) groups is 1. The zero-order chi connectivity index (χ0) is 26.7. The van der Waals surface area contributed by atoms with Crippen molar-refractivity contribution < 1.29 is 17.6 Å². The molecule has 2 fully saturated rings. The molecule has 2 aromatic rings. The number of benzene rings is 1. The summed E-state index contributed by atoms with van der Waals surface area (Å²) in [6.07, 6.45) is 6.03. The molecule has 2 aliphatic rings. The van der Waals surface area contributed by atoms with Gasteiger partial charge in [-0.25, -0.2) is 27.1 Å². The van der Waals surface area contributed by atoms with Gasteiger partial charge < -0.3 is 15.1 Å². The van der Waals surface area contributed by atoms with Crippen LogP contribution in [-0.2, 0) is 16.6 Å². The SMILES string of the molecule is Cc1c(NCc2ccc(F)c(Cl)c2)ncnc1C(=O)N1CCC(N2CCC(N(C)S(C)(=O)=O)CC2)CC1. The Kier molecular flexibility index (Phi) is 8.67. The molecule has 1 N–H and O–H groups in total. The molecule has 0 aliphatic carbocycles. The van der Waals surface area contributed by atoms with Gasteiger partial charge in [0.15, 0.2) is 0 Å². The first-order valence-corrected chi connectivity index (χ1v) is 14.7. The van der Waals surface area contributed by atoms with Crippen molar-refractivity contribution in [3.8, 4) is 0 Å². The van der Waals surface area contributed by atoms with Gasteiger partial charge in [-0.3, -0.25) is 4.79 Å². The largest absolute Gasteiger partial charge is 0.366 e. The number of rotatable bonds is 7. The summed E-state index contributed by atoms with van der Waals surface area (Å²) in [5, 5.41) is 3.25. The fourth-order valence-corrected chi connectivity index (χ4v) is 6.10. The zero-order valence-electron chi connectivity index (χ0n) is 21.5. The number of aromatic nitrogens is 2. The number of carbonyl (C=O) groups excluding carboxylic acids is 1. The van der Waals surface area contributed by atoms with Gasteiger partial charge in [-0.2, -0.15) is 0 Å².